The van der Waals surface area contributed by atoms with Crippen LogP contribution in [0.15, 0.2) is 0 Å². The minimum Gasteiger partial charge on any atom is -0.396 e. The second-order valence-corrected chi connectivity index (χ2v) is 8.24. The fourth-order valence-corrected chi connectivity index (χ4v) is 4.40. The zero-order valence-electron chi connectivity index (χ0n) is 14.2. The molecular weight excluding hydrogens is 276 g/mol. The maximum absolute atomic E-state index is 12.4. The minimum atomic E-state index is -0.108. The summed E-state index contributed by atoms with van der Waals surface area (Å²) in [6.07, 6.45) is 7.57. The van der Waals surface area contributed by atoms with Crippen molar-refractivity contribution in [2.75, 3.05) is 26.2 Å². The van der Waals surface area contributed by atoms with Crippen LogP contribution in [0, 0.1) is 29.1 Å². The summed E-state index contributed by atoms with van der Waals surface area (Å²) in [6.45, 7) is 6.88. The molecule has 1 unspecified atom stereocenters. The van der Waals surface area contributed by atoms with Gasteiger partial charge in [-0.25, -0.2) is 4.79 Å². The number of rotatable bonds is 5. The normalized spacial score (nSPS) is 35.4. The van der Waals surface area contributed by atoms with E-state index >= 15 is 0 Å². The van der Waals surface area contributed by atoms with Crippen LogP contribution in [0.25, 0.3) is 0 Å². The first kappa shape index (κ1) is 16.1. The van der Waals surface area contributed by atoms with Gasteiger partial charge in [-0.1, -0.05) is 33.1 Å². The maximum atomic E-state index is 12.4. The second-order valence-electron chi connectivity index (χ2n) is 8.24. The van der Waals surface area contributed by atoms with Gasteiger partial charge < -0.3 is 15.3 Å². The molecule has 1 aliphatic heterocycles. The number of hydrogen-bond donors (Lipinski definition) is 2. The third-order valence-electron chi connectivity index (χ3n) is 6.68. The quantitative estimate of drug-likeness (QED) is 0.820. The summed E-state index contributed by atoms with van der Waals surface area (Å²) in [7, 11) is 0. The number of nitrogens with zero attached hydrogens (tertiary/aromatic N) is 1. The molecule has 3 aliphatic rings. The first-order valence-electron chi connectivity index (χ1n) is 9.19. The molecule has 4 heteroatoms. The minimum absolute atomic E-state index is 0.0810. The van der Waals surface area contributed by atoms with Gasteiger partial charge in [0.25, 0.3) is 0 Å². The standard InChI is InChI=1S/C18H32N2O2/c1-13(2)18(12-21)7-4-8-20(11-18)17(22)19-10-15-9-16(15)14-5-3-6-14/h13-16,21H,3-12H2,1-2H3,(H,19,22)/t15-,16-,18?/m0/s1. The highest BCUT2D eigenvalue weighted by atomic mass is 16.3. The Labute approximate surface area is 134 Å². The van der Waals surface area contributed by atoms with Crippen LogP contribution in [0.1, 0.15) is 52.4 Å². The Balaban J connectivity index is 1.45. The molecule has 2 aliphatic carbocycles. The van der Waals surface area contributed by atoms with E-state index in [4.69, 9.17) is 0 Å². The Morgan fingerprint density at radius 3 is 2.73 bits per heavy atom. The lowest BCUT2D eigenvalue weighted by Crippen LogP contribution is -2.53. The lowest BCUT2D eigenvalue weighted by Gasteiger charge is -2.44. The van der Waals surface area contributed by atoms with E-state index in [-0.39, 0.29) is 18.1 Å². The van der Waals surface area contributed by atoms with E-state index < -0.39 is 0 Å². The van der Waals surface area contributed by atoms with Crippen molar-refractivity contribution in [3.8, 4) is 0 Å². The smallest absolute Gasteiger partial charge is 0.317 e. The fourth-order valence-electron chi connectivity index (χ4n) is 4.40. The fraction of sp³-hybridized carbons (Fsp3) is 0.944. The van der Waals surface area contributed by atoms with Gasteiger partial charge >= 0.3 is 6.03 Å². The molecule has 0 radical (unpaired) electrons. The highest BCUT2D eigenvalue weighted by Gasteiger charge is 2.45. The molecule has 1 heterocycles. The zero-order chi connectivity index (χ0) is 15.7. The van der Waals surface area contributed by atoms with Crippen LogP contribution in [-0.2, 0) is 0 Å². The van der Waals surface area contributed by atoms with Crippen molar-refractivity contribution in [2.45, 2.75) is 52.4 Å². The Morgan fingerprint density at radius 1 is 1.36 bits per heavy atom. The number of carbonyl (C=O) groups excluding carboxylic acids is 1. The number of urea groups is 1. The van der Waals surface area contributed by atoms with E-state index in [0.29, 0.717) is 12.5 Å². The van der Waals surface area contributed by atoms with Gasteiger partial charge in [0.2, 0.25) is 0 Å². The summed E-state index contributed by atoms with van der Waals surface area (Å²) >= 11 is 0. The zero-order valence-corrected chi connectivity index (χ0v) is 14.2. The van der Waals surface area contributed by atoms with Crippen LogP contribution in [0.5, 0.6) is 0 Å². The second kappa shape index (κ2) is 6.38. The molecule has 0 aromatic rings. The van der Waals surface area contributed by atoms with Crippen LogP contribution < -0.4 is 5.32 Å². The van der Waals surface area contributed by atoms with Gasteiger partial charge in [-0.3, -0.25) is 0 Å². The van der Waals surface area contributed by atoms with E-state index in [9.17, 15) is 9.90 Å². The molecule has 3 fully saturated rings. The number of hydrogen-bond acceptors (Lipinski definition) is 2. The van der Waals surface area contributed by atoms with Crippen LogP contribution >= 0.6 is 0 Å². The molecule has 126 valence electrons. The van der Waals surface area contributed by atoms with Crippen molar-refractivity contribution in [2.24, 2.45) is 29.1 Å². The van der Waals surface area contributed by atoms with Gasteiger partial charge in [0.05, 0.1) is 6.61 Å². The van der Waals surface area contributed by atoms with E-state index in [1.54, 1.807) is 0 Å². The summed E-state index contributed by atoms with van der Waals surface area (Å²) in [5.41, 5.74) is -0.108. The lowest BCUT2D eigenvalue weighted by atomic mass is 9.72. The predicted molar refractivity (Wildman–Crippen MR) is 87.5 cm³/mol. The molecule has 0 aromatic heterocycles. The molecule has 0 spiro atoms. The molecule has 0 aromatic carbocycles. The van der Waals surface area contributed by atoms with Crippen molar-refractivity contribution in [3.63, 3.8) is 0 Å². The molecule has 4 nitrogen and oxygen atoms in total. The molecule has 1 saturated heterocycles. The lowest BCUT2D eigenvalue weighted by molar-refractivity contribution is 0.0109. The van der Waals surface area contributed by atoms with Crippen molar-refractivity contribution >= 4 is 6.03 Å². The van der Waals surface area contributed by atoms with Crippen molar-refractivity contribution in [1.82, 2.24) is 10.2 Å². The van der Waals surface area contributed by atoms with Gasteiger partial charge in [-0.05, 0) is 42.9 Å². The number of piperidine rings is 1. The molecule has 2 saturated carbocycles. The third-order valence-corrected chi connectivity index (χ3v) is 6.68. The Bertz CT molecular complexity index is 408. The number of amides is 2. The topological polar surface area (TPSA) is 52.6 Å². The Hall–Kier alpha value is -0.770. The Kier molecular flexibility index (Phi) is 4.67. The number of nitrogens with one attached hydrogen (secondary N) is 1. The van der Waals surface area contributed by atoms with Crippen molar-refractivity contribution in [1.29, 1.82) is 0 Å². The molecule has 2 amide bonds. The summed E-state index contributed by atoms with van der Waals surface area (Å²) in [4.78, 5) is 14.4. The summed E-state index contributed by atoms with van der Waals surface area (Å²) in [6, 6.07) is 0.0810. The van der Waals surface area contributed by atoms with Crippen molar-refractivity contribution in [3.05, 3.63) is 0 Å². The SMILES string of the molecule is CC(C)C1(CO)CCCN(C(=O)NC[C@@H]2C[C@H]2C2CCC2)C1. The number of carbonyl (C=O) groups is 1. The van der Waals surface area contributed by atoms with Gasteiger partial charge in [0.1, 0.15) is 0 Å². The van der Waals surface area contributed by atoms with E-state index in [1.165, 1.54) is 25.7 Å². The summed E-state index contributed by atoms with van der Waals surface area (Å²) < 4.78 is 0. The highest BCUT2D eigenvalue weighted by molar-refractivity contribution is 5.74. The average Bonchev–Trinajstić information content (AvgIpc) is 3.21. The van der Waals surface area contributed by atoms with Crippen LogP contribution in [0.2, 0.25) is 0 Å². The predicted octanol–water partition coefficient (Wildman–Crippen LogP) is 2.86. The average molecular weight is 308 g/mol. The first-order valence-corrected chi connectivity index (χ1v) is 9.19. The van der Waals surface area contributed by atoms with E-state index in [0.717, 1.165) is 43.7 Å². The van der Waals surface area contributed by atoms with Gasteiger partial charge in [-0.2, -0.15) is 0 Å². The molecule has 2 N–H and O–H groups in total. The maximum Gasteiger partial charge on any atom is 0.317 e. The number of aliphatic hydroxyl groups is 1. The van der Waals surface area contributed by atoms with Crippen LogP contribution in [-0.4, -0.2) is 42.3 Å². The molecule has 3 atom stereocenters. The van der Waals surface area contributed by atoms with Crippen LogP contribution in [0.4, 0.5) is 4.79 Å². The monoisotopic (exact) mass is 308 g/mol. The third kappa shape index (κ3) is 3.12. The highest BCUT2D eigenvalue weighted by Crippen LogP contribution is 2.51. The van der Waals surface area contributed by atoms with Gasteiger partial charge in [-0.15, -0.1) is 0 Å². The van der Waals surface area contributed by atoms with E-state index in [1.807, 2.05) is 4.90 Å². The molecule has 22 heavy (non-hydrogen) atoms. The van der Waals surface area contributed by atoms with Gasteiger partial charge in [0, 0.05) is 25.0 Å². The molecule has 3 rings (SSSR count). The van der Waals surface area contributed by atoms with Crippen LogP contribution in [0.3, 0.4) is 0 Å². The Morgan fingerprint density at radius 2 is 2.14 bits per heavy atom. The molecular formula is C18H32N2O2. The van der Waals surface area contributed by atoms with Gasteiger partial charge in [0.15, 0.2) is 0 Å². The molecule has 0 bridgehead atoms. The number of likely N-dealkylation sites (tertiary alicyclic amines) is 1. The number of aliphatic hydroxyl groups excluding tert-OH is 1. The summed E-state index contributed by atoms with van der Waals surface area (Å²) in [5.74, 6) is 2.98. The van der Waals surface area contributed by atoms with E-state index in [2.05, 4.69) is 19.2 Å². The van der Waals surface area contributed by atoms with Crippen molar-refractivity contribution < 1.29 is 9.90 Å². The first-order chi connectivity index (χ1) is 10.6. The largest absolute Gasteiger partial charge is 0.396 e. The summed E-state index contributed by atoms with van der Waals surface area (Å²) in [5, 5.41) is 13.0.